The molecule has 5 N–H and O–H groups in total. The minimum absolute atomic E-state index is 0.125. The summed E-state index contributed by atoms with van der Waals surface area (Å²) in [6, 6.07) is 6.93. The van der Waals surface area contributed by atoms with E-state index in [1.54, 1.807) is 24.3 Å². The lowest BCUT2D eigenvalue weighted by Crippen LogP contribution is -2.27. The minimum atomic E-state index is -0.346. The van der Waals surface area contributed by atoms with Gasteiger partial charge in [-0.2, -0.15) is 0 Å². The number of carbonyl (C=O) groups is 2. The number of alkyl carbamates (subject to hydrolysis) is 1. The molecule has 0 radical (unpaired) electrons. The molecule has 0 spiro atoms. The maximum Gasteiger partial charge on any atom is 0.407 e. The number of benzene rings is 1. The van der Waals surface area contributed by atoms with Gasteiger partial charge in [-0.15, -0.1) is 11.8 Å². The molecule has 0 aliphatic heterocycles. The number of carbonyl (C=O) groups excluding carboxylic acids is 2. The van der Waals surface area contributed by atoms with Gasteiger partial charge in [-0.05, 0) is 67.7 Å². The number of hydrogen-bond acceptors (Lipinski definition) is 8. The molecular formula is C28H42N4O6. The largest absolute Gasteiger partial charge is 0.449 e. The van der Waals surface area contributed by atoms with Gasteiger partial charge in [-0.3, -0.25) is 10.6 Å². The monoisotopic (exact) mass is 530 g/mol. The van der Waals surface area contributed by atoms with E-state index in [4.69, 9.17) is 24.8 Å². The van der Waals surface area contributed by atoms with Crippen molar-refractivity contribution in [3.05, 3.63) is 29.8 Å². The molecule has 38 heavy (non-hydrogen) atoms. The first kappa shape index (κ1) is 29.7. The molecule has 2 amide bonds. The summed E-state index contributed by atoms with van der Waals surface area (Å²) >= 11 is 0. The van der Waals surface area contributed by atoms with Crippen LogP contribution in [0.4, 0.5) is 10.5 Å². The normalized spacial score (nSPS) is 19.7. The fraction of sp³-hybridized carbons (Fsp3) is 0.643. The van der Waals surface area contributed by atoms with Crippen molar-refractivity contribution in [1.29, 1.82) is 0 Å². The second kappa shape index (κ2) is 17.6. The Bertz CT molecular complexity index is 883. The molecule has 3 rings (SSSR count). The average Bonchev–Trinajstić information content (AvgIpc) is 3.58. The van der Waals surface area contributed by atoms with E-state index in [1.807, 2.05) is 0 Å². The van der Waals surface area contributed by atoms with E-state index in [0.29, 0.717) is 82.7 Å². The van der Waals surface area contributed by atoms with Gasteiger partial charge in [-0.25, -0.2) is 4.79 Å². The molecule has 10 heteroatoms. The Hall–Kier alpha value is -2.84. The van der Waals surface area contributed by atoms with Crippen molar-refractivity contribution in [3.8, 4) is 11.8 Å². The standard InChI is InChI=1S/C28H42N4O6/c29-32-23-11-9-22(10-12-23)27(33)30-13-5-15-35-17-19-37-20-18-36-16-6-14-31-28(34)38-21-26-24-7-3-1-2-4-8-25(24)26/h9-12,24-26,32H,3-8,13-21,29H2,(H,30,33)(H,31,34)/t24-,25+,26?. The maximum absolute atomic E-state index is 12.0. The highest BCUT2D eigenvalue weighted by molar-refractivity contribution is 5.94. The third kappa shape index (κ3) is 11.3. The van der Waals surface area contributed by atoms with Crippen LogP contribution in [0.3, 0.4) is 0 Å². The Morgan fingerprint density at radius 3 is 1.95 bits per heavy atom. The molecule has 0 saturated heterocycles. The van der Waals surface area contributed by atoms with Gasteiger partial charge in [0, 0.05) is 50.4 Å². The summed E-state index contributed by atoms with van der Waals surface area (Å²) in [5.41, 5.74) is 3.86. The van der Waals surface area contributed by atoms with Crippen LogP contribution in [-0.2, 0) is 18.9 Å². The highest BCUT2D eigenvalue weighted by Crippen LogP contribution is 2.52. The van der Waals surface area contributed by atoms with Crippen LogP contribution in [0.1, 0.15) is 48.9 Å². The van der Waals surface area contributed by atoms with Gasteiger partial charge < -0.3 is 35.0 Å². The molecule has 1 unspecified atom stereocenters. The molecule has 1 saturated carbocycles. The topological polar surface area (TPSA) is 133 Å². The number of nitrogens with two attached hydrogens (primary N) is 1. The minimum Gasteiger partial charge on any atom is -0.449 e. The van der Waals surface area contributed by atoms with Gasteiger partial charge in [0.25, 0.3) is 5.91 Å². The third-order valence-electron chi connectivity index (χ3n) is 6.79. The fourth-order valence-electron chi connectivity index (χ4n) is 4.61. The summed E-state index contributed by atoms with van der Waals surface area (Å²) in [5, 5.41) is 5.64. The van der Waals surface area contributed by atoms with Crippen LogP contribution >= 0.6 is 0 Å². The van der Waals surface area contributed by atoms with E-state index < -0.39 is 0 Å². The predicted octanol–water partition coefficient (Wildman–Crippen LogP) is 2.70. The van der Waals surface area contributed by atoms with Gasteiger partial charge in [0.05, 0.1) is 33.0 Å². The van der Waals surface area contributed by atoms with Crippen LogP contribution in [0.5, 0.6) is 0 Å². The molecule has 1 aromatic carbocycles. The number of hydrogen-bond donors (Lipinski definition) is 4. The van der Waals surface area contributed by atoms with Gasteiger partial charge in [-0.1, -0.05) is 0 Å². The number of nitrogen functional groups attached to an aromatic ring is 1. The fourth-order valence-corrected chi connectivity index (χ4v) is 4.61. The number of ether oxygens (including phenoxy) is 4. The number of hydrazine groups is 1. The Labute approximate surface area is 225 Å². The smallest absolute Gasteiger partial charge is 0.407 e. The molecule has 2 aliphatic carbocycles. The van der Waals surface area contributed by atoms with Crippen molar-refractivity contribution in [1.82, 2.24) is 10.6 Å². The van der Waals surface area contributed by atoms with Crippen LogP contribution in [-0.4, -0.2) is 71.3 Å². The lowest BCUT2D eigenvalue weighted by atomic mass is 10.1. The number of amides is 2. The third-order valence-corrected chi connectivity index (χ3v) is 6.79. The molecule has 210 valence electrons. The molecule has 0 heterocycles. The second-order valence-electron chi connectivity index (χ2n) is 9.47. The highest BCUT2D eigenvalue weighted by atomic mass is 16.6. The Morgan fingerprint density at radius 2 is 1.37 bits per heavy atom. The SMILES string of the molecule is NNc1ccc(C(=O)NCCCOCCOCCOCCCNC(=O)OCC2[C@H]3CCC#CCC[C@@H]23)cc1. The van der Waals surface area contributed by atoms with Crippen molar-refractivity contribution in [2.75, 3.05) is 64.8 Å². The Morgan fingerprint density at radius 1 is 0.816 bits per heavy atom. The number of anilines is 1. The average molecular weight is 531 g/mol. The predicted molar refractivity (Wildman–Crippen MR) is 144 cm³/mol. The molecule has 3 atom stereocenters. The molecule has 10 nitrogen and oxygen atoms in total. The van der Waals surface area contributed by atoms with E-state index in [2.05, 4.69) is 27.9 Å². The number of fused-ring (bicyclic) bond motifs is 1. The van der Waals surface area contributed by atoms with Crippen LogP contribution in [0.15, 0.2) is 24.3 Å². The van der Waals surface area contributed by atoms with Crippen molar-refractivity contribution in [3.63, 3.8) is 0 Å². The molecule has 0 aromatic heterocycles. The quantitative estimate of drug-likeness (QED) is 0.0986. The maximum atomic E-state index is 12.0. The van der Waals surface area contributed by atoms with Crippen molar-refractivity contribution in [2.45, 2.75) is 38.5 Å². The lowest BCUT2D eigenvalue weighted by Gasteiger charge is -2.09. The summed E-state index contributed by atoms with van der Waals surface area (Å²) < 4.78 is 21.9. The van der Waals surface area contributed by atoms with Gasteiger partial charge in [0.2, 0.25) is 0 Å². The summed E-state index contributed by atoms with van der Waals surface area (Å²) in [5.74, 6) is 13.5. The van der Waals surface area contributed by atoms with Crippen LogP contribution < -0.4 is 21.9 Å². The zero-order valence-corrected chi connectivity index (χ0v) is 22.2. The molecule has 1 fully saturated rings. The van der Waals surface area contributed by atoms with Gasteiger partial charge >= 0.3 is 6.09 Å². The van der Waals surface area contributed by atoms with Crippen LogP contribution in [0.2, 0.25) is 0 Å². The summed E-state index contributed by atoms with van der Waals surface area (Å²) in [4.78, 5) is 23.9. The van der Waals surface area contributed by atoms with E-state index in [0.717, 1.165) is 44.2 Å². The zero-order chi connectivity index (χ0) is 26.8. The lowest BCUT2D eigenvalue weighted by molar-refractivity contribution is 0.0138. The second-order valence-corrected chi connectivity index (χ2v) is 9.47. The number of nitrogens with one attached hydrogen (secondary N) is 3. The van der Waals surface area contributed by atoms with Crippen LogP contribution in [0.25, 0.3) is 0 Å². The molecule has 2 aliphatic rings. The van der Waals surface area contributed by atoms with Crippen molar-refractivity contribution < 1.29 is 28.5 Å². The van der Waals surface area contributed by atoms with E-state index in [-0.39, 0.29) is 12.0 Å². The van der Waals surface area contributed by atoms with E-state index in [9.17, 15) is 9.59 Å². The summed E-state index contributed by atoms with van der Waals surface area (Å²) in [6.45, 7) is 4.62. The molecule has 0 bridgehead atoms. The Kier molecular flexibility index (Phi) is 13.8. The van der Waals surface area contributed by atoms with Gasteiger partial charge in [0.1, 0.15) is 0 Å². The first-order chi connectivity index (χ1) is 18.7. The van der Waals surface area contributed by atoms with Crippen molar-refractivity contribution in [2.24, 2.45) is 23.6 Å². The van der Waals surface area contributed by atoms with E-state index >= 15 is 0 Å². The zero-order valence-electron chi connectivity index (χ0n) is 22.2. The van der Waals surface area contributed by atoms with Crippen molar-refractivity contribution >= 4 is 17.7 Å². The van der Waals surface area contributed by atoms with Gasteiger partial charge in [0.15, 0.2) is 0 Å². The highest BCUT2D eigenvalue weighted by Gasteiger charge is 2.49. The first-order valence-electron chi connectivity index (χ1n) is 13.6. The van der Waals surface area contributed by atoms with E-state index in [1.165, 1.54) is 0 Å². The first-order valence-corrected chi connectivity index (χ1v) is 13.6. The summed E-state index contributed by atoms with van der Waals surface area (Å²) in [6.07, 6.45) is 5.30. The molecule has 1 aromatic rings. The number of rotatable bonds is 18. The summed E-state index contributed by atoms with van der Waals surface area (Å²) in [7, 11) is 0. The Balaban J connectivity index is 1.03. The molecular weight excluding hydrogens is 488 g/mol. The van der Waals surface area contributed by atoms with Crippen LogP contribution in [0, 0.1) is 29.6 Å².